The highest BCUT2D eigenvalue weighted by atomic mass is 19.4. The fraction of sp³-hybridized carbons (Fsp3) is 0.900. The molecule has 0 atom stereocenters. The van der Waals surface area contributed by atoms with Gasteiger partial charge in [-0.3, -0.25) is 4.79 Å². The summed E-state index contributed by atoms with van der Waals surface area (Å²) in [5, 5.41) is 0.971. The summed E-state index contributed by atoms with van der Waals surface area (Å²) in [6, 6.07) is 0. The summed E-state index contributed by atoms with van der Waals surface area (Å²) in [4.78, 5) is 11.1. The van der Waals surface area contributed by atoms with Crippen molar-refractivity contribution < 1.29 is 53.1 Å². The largest absolute Gasteiger partial charge is 0.384 e. The molecule has 1 aliphatic rings. The highest BCUT2D eigenvalue weighted by Crippen LogP contribution is 2.69. The second-order valence-corrected chi connectivity index (χ2v) is 4.79. The first-order chi connectivity index (χ1) is 9.98. The number of halogens is 11. The van der Waals surface area contributed by atoms with Crippen LogP contribution in [0.2, 0.25) is 0 Å². The normalized spacial score (nSPS) is 28.9. The van der Waals surface area contributed by atoms with Crippen LogP contribution in [-0.4, -0.2) is 47.7 Å². The van der Waals surface area contributed by atoms with Crippen molar-refractivity contribution in [1.82, 2.24) is 5.32 Å². The molecule has 0 heterocycles. The van der Waals surface area contributed by atoms with Gasteiger partial charge >= 0.3 is 35.3 Å². The van der Waals surface area contributed by atoms with E-state index in [9.17, 15) is 53.1 Å². The van der Waals surface area contributed by atoms with Gasteiger partial charge in [-0.15, -0.1) is 0 Å². The molecule has 0 aromatic heterocycles. The smallest absolute Gasteiger partial charge is 0.353 e. The Labute approximate surface area is 121 Å². The average Bonchev–Trinajstić information content (AvgIpc) is 2.41. The third-order valence-corrected chi connectivity index (χ3v) is 3.29. The van der Waals surface area contributed by atoms with Crippen LogP contribution in [0.4, 0.5) is 48.3 Å². The molecule has 1 saturated carbocycles. The van der Waals surface area contributed by atoms with Crippen LogP contribution in [-0.2, 0) is 4.79 Å². The number of alkyl halides is 11. The van der Waals surface area contributed by atoms with Crippen LogP contribution in [0.15, 0.2) is 0 Å². The second kappa shape index (κ2) is 4.85. The number of carbonyl (C=O) groups is 1. The minimum atomic E-state index is -7.31. The summed E-state index contributed by atoms with van der Waals surface area (Å²) < 4.78 is 145. The lowest BCUT2D eigenvalue weighted by molar-refractivity contribution is -0.476. The van der Waals surface area contributed by atoms with Gasteiger partial charge in [-0.25, -0.2) is 4.39 Å². The molecule has 1 N–H and O–H groups in total. The van der Waals surface area contributed by atoms with Crippen LogP contribution in [0.3, 0.4) is 0 Å². The number of hydrogen-bond donors (Lipinski definition) is 1. The van der Waals surface area contributed by atoms with Crippen LogP contribution >= 0.6 is 0 Å². The van der Waals surface area contributed by atoms with Crippen LogP contribution in [0, 0.1) is 0 Å². The number of amides is 1. The van der Waals surface area contributed by atoms with E-state index in [4.69, 9.17) is 0 Å². The van der Waals surface area contributed by atoms with E-state index < -0.39 is 47.7 Å². The Balaban J connectivity index is 3.71. The number of rotatable bonds is 3. The molecule has 0 aromatic rings. The van der Waals surface area contributed by atoms with Crippen molar-refractivity contribution in [3.8, 4) is 0 Å². The maximum Gasteiger partial charge on any atom is 0.384 e. The molecular formula is C10H8F11NO. The maximum atomic E-state index is 14.0. The van der Waals surface area contributed by atoms with Crippen molar-refractivity contribution in [2.24, 2.45) is 0 Å². The first-order valence-corrected chi connectivity index (χ1v) is 5.84. The Kier molecular flexibility index (Phi) is 4.16. The van der Waals surface area contributed by atoms with Gasteiger partial charge in [0.1, 0.15) is 0 Å². The van der Waals surface area contributed by atoms with Gasteiger partial charge in [0.15, 0.2) is 0 Å². The summed E-state index contributed by atoms with van der Waals surface area (Å²) >= 11 is 0. The first kappa shape index (κ1) is 19.7. The predicted octanol–water partition coefficient (Wildman–Crippen LogP) is 3.41. The summed E-state index contributed by atoms with van der Waals surface area (Å²) in [5.41, 5.74) is -6.59. The molecule has 23 heavy (non-hydrogen) atoms. The molecule has 1 amide bonds. The third-order valence-electron chi connectivity index (χ3n) is 3.29. The van der Waals surface area contributed by atoms with Gasteiger partial charge in [-0.05, 0) is 6.42 Å². The van der Waals surface area contributed by atoms with Crippen molar-refractivity contribution in [3.63, 3.8) is 0 Å². The highest BCUT2D eigenvalue weighted by molar-refractivity contribution is 5.88. The van der Waals surface area contributed by atoms with Gasteiger partial charge in [0.25, 0.3) is 5.91 Å². The van der Waals surface area contributed by atoms with E-state index in [2.05, 4.69) is 0 Å². The molecule has 2 nitrogen and oxygen atoms in total. The summed E-state index contributed by atoms with van der Waals surface area (Å²) in [7, 11) is 0. The second-order valence-electron chi connectivity index (χ2n) is 4.79. The van der Waals surface area contributed by atoms with Crippen molar-refractivity contribution >= 4 is 5.91 Å². The van der Waals surface area contributed by atoms with Crippen LogP contribution in [0.1, 0.15) is 13.3 Å². The lowest BCUT2D eigenvalue weighted by Gasteiger charge is -2.51. The minimum absolute atomic E-state index is 0.206. The summed E-state index contributed by atoms with van der Waals surface area (Å²) in [5.74, 6) is -39.3. The van der Waals surface area contributed by atoms with E-state index in [1.165, 1.54) is 6.92 Å². The zero-order valence-corrected chi connectivity index (χ0v) is 11.0. The van der Waals surface area contributed by atoms with Crippen LogP contribution in [0.5, 0.6) is 0 Å². The highest BCUT2D eigenvalue weighted by Gasteiger charge is 3.02. The van der Waals surface area contributed by atoms with E-state index in [1.807, 2.05) is 0 Å². The van der Waals surface area contributed by atoms with Gasteiger partial charge in [-0.2, -0.15) is 43.9 Å². The van der Waals surface area contributed by atoms with Crippen molar-refractivity contribution in [2.75, 3.05) is 6.54 Å². The molecule has 13 heteroatoms. The molecule has 1 aliphatic carbocycles. The Morgan fingerprint density at radius 2 is 1.00 bits per heavy atom. The number of carbonyl (C=O) groups excluding carboxylic acids is 1. The lowest BCUT2D eigenvalue weighted by Crippen LogP contribution is -2.86. The standard InChI is InChI=1S/C10H8F11NO/c1-2-3-22-4(23)5(11)6(12,13)8(16,17)10(20,21)9(18,19)7(5,14)15/h2-3H2,1H3,(H,22,23). The van der Waals surface area contributed by atoms with Gasteiger partial charge in [0.2, 0.25) is 0 Å². The zero-order valence-electron chi connectivity index (χ0n) is 11.0. The van der Waals surface area contributed by atoms with Crippen molar-refractivity contribution in [1.29, 1.82) is 0 Å². The Hall–Kier alpha value is -1.30. The number of hydrogen-bond acceptors (Lipinski definition) is 1. The number of nitrogens with one attached hydrogen (secondary N) is 1. The van der Waals surface area contributed by atoms with Gasteiger partial charge < -0.3 is 5.32 Å². The topological polar surface area (TPSA) is 29.1 Å². The molecular weight excluding hydrogens is 359 g/mol. The van der Waals surface area contributed by atoms with E-state index in [-0.39, 0.29) is 6.42 Å². The molecule has 0 saturated heterocycles. The Morgan fingerprint density at radius 1 is 0.696 bits per heavy atom. The van der Waals surface area contributed by atoms with Gasteiger partial charge in [0, 0.05) is 6.54 Å². The monoisotopic (exact) mass is 367 g/mol. The van der Waals surface area contributed by atoms with Crippen molar-refractivity contribution in [2.45, 2.75) is 48.6 Å². The molecule has 1 rings (SSSR count). The molecule has 0 aromatic carbocycles. The molecule has 1 fully saturated rings. The predicted molar refractivity (Wildman–Crippen MR) is 51.9 cm³/mol. The molecule has 0 aliphatic heterocycles. The van der Waals surface area contributed by atoms with E-state index in [0.29, 0.717) is 0 Å². The molecule has 0 unspecified atom stereocenters. The summed E-state index contributed by atoms with van der Waals surface area (Å²) in [6.07, 6.45) is -0.206. The quantitative estimate of drug-likeness (QED) is 0.762. The fourth-order valence-corrected chi connectivity index (χ4v) is 1.87. The molecule has 0 bridgehead atoms. The van der Waals surface area contributed by atoms with E-state index in [1.54, 1.807) is 0 Å². The Bertz CT molecular complexity index is 471. The fourth-order valence-electron chi connectivity index (χ4n) is 1.87. The SMILES string of the molecule is CCCNC(=O)C1(F)C(F)(F)C(F)(F)C(F)(F)C(F)(F)C1(F)F. The Morgan fingerprint density at radius 3 is 1.30 bits per heavy atom. The molecule has 0 radical (unpaired) electrons. The van der Waals surface area contributed by atoms with Gasteiger partial charge in [-0.1, -0.05) is 6.92 Å². The first-order valence-electron chi connectivity index (χ1n) is 5.84. The van der Waals surface area contributed by atoms with E-state index >= 15 is 0 Å². The van der Waals surface area contributed by atoms with Crippen LogP contribution < -0.4 is 5.32 Å². The minimum Gasteiger partial charge on any atom is -0.353 e. The molecule has 136 valence electrons. The lowest BCUT2D eigenvalue weighted by atomic mass is 9.71. The molecule has 0 spiro atoms. The van der Waals surface area contributed by atoms with E-state index in [0.717, 1.165) is 5.32 Å². The van der Waals surface area contributed by atoms with Gasteiger partial charge in [0.05, 0.1) is 0 Å². The zero-order chi connectivity index (χ0) is 18.7. The average molecular weight is 367 g/mol. The third kappa shape index (κ3) is 1.84. The van der Waals surface area contributed by atoms with Crippen molar-refractivity contribution in [3.05, 3.63) is 0 Å². The van der Waals surface area contributed by atoms with Crippen LogP contribution in [0.25, 0.3) is 0 Å². The summed E-state index contributed by atoms with van der Waals surface area (Å²) in [6.45, 7) is 0.365. The maximum absolute atomic E-state index is 14.0.